The van der Waals surface area contributed by atoms with Gasteiger partial charge in [-0.1, -0.05) is 30.3 Å². The summed E-state index contributed by atoms with van der Waals surface area (Å²) in [6, 6.07) is 11.5. The average Bonchev–Trinajstić information content (AvgIpc) is 2.92. The first-order chi connectivity index (χ1) is 12.1. The van der Waals surface area contributed by atoms with Crippen LogP contribution in [0.4, 0.5) is 0 Å². The molecule has 1 fully saturated rings. The predicted octanol–water partition coefficient (Wildman–Crippen LogP) is 1.96. The van der Waals surface area contributed by atoms with Crippen molar-refractivity contribution >= 4 is 35.8 Å². The second kappa shape index (κ2) is 12.1. The van der Waals surface area contributed by atoms with Gasteiger partial charge in [-0.3, -0.25) is 14.7 Å². The molecule has 6 nitrogen and oxygen atoms in total. The molecule has 0 aliphatic carbocycles. The van der Waals surface area contributed by atoms with E-state index >= 15 is 0 Å². The average molecular weight is 473 g/mol. The number of guanidine groups is 1. The fourth-order valence-corrected chi connectivity index (χ4v) is 3.15. The number of halogens is 1. The minimum Gasteiger partial charge on any atom is -0.357 e. The third kappa shape index (κ3) is 7.90. The van der Waals surface area contributed by atoms with Gasteiger partial charge in [0.05, 0.1) is 6.54 Å². The number of nitrogens with one attached hydrogen (secondary N) is 3. The molecule has 2 atom stereocenters. The molecule has 1 heterocycles. The molecule has 0 saturated carbocycles. The Morgan fingerprint density at radius 1 is 1.27 bits per heavy atom. The van der Waals surface area contributed by atoms with E-state index in [2.05, 4.69) is 70.0 Å². The lowest BCUT2D eigenvalue weighted by atomic mass is 10.2. The Hall–Kier alpha value is -1.35. The summed E-state index contributed by atoms with van der Waals surface area (Å²) in [6.45, 7) is 9.81. The summed E-state index contributed by atoms with van der Waals surface area (Å²) in [5, 5.41) is 9.59. The first kappa shape index (κ1) is 22.7. The molecule has 26 heavy (non-hydrogen) atoms. The van der Waals surface area contributed by atoms with E-state index in [-0.39, 0.29) is 29.9 Å². The van der Waals surface area contributed by atoms with E-state index in [4.69, 9.17) is 0 Å². The van der Waals surface area contributed by atoms with Gasteiger partial charge >= 0.3 is 0 Å². The van der Waals surface area contributed by atoms with Crippen LogP contribution in [0.3, 0.4) is 0 Å². The fraction of sp³-hybridized carbons (Fsp3) is 0.579. The lowest BCUT2D eigenvalue weighted by molar-refractivity contribution is -0.118. The zero-order valence-electron chi connectivity index (χ0n) is 16.0. The number of aliphatic imine (C=N–C) groups is 1. The van der Waals surface area contributed by atoms with Crippen molar-refractivity contribution in [2.24, 2.45) is 4.99 Å². The summed E-state index contributed by atoms with van der Waals surface area (Å²) >= 11 is 0. The molecule has 3 N–H and O–H groups in total. The lowest BCUT2D eigenvalue weighted by Crippen LogP contribution is -2.44. The van der Waals surface area contributed by atoms with Gasteiger partial charge in [0.2, 0.25) is 5.91 Å². The van der Waals surface area contributed by atoms with Crippen LogP contribution in [0.5, 0.6) is 0 Å². The van der Waals surface area contributed by atoms with Gasteiger partial charge in [-0.05, 0) is 25.8 Å². The van der Waals surface area contributed by atoms with Crippen LogP contribution in [0, 0.1) is 0 Å². The largest absolute Gasteiger partial charge is 0.357 e. The Bertz CT molecular complexity index is 566. The molecule has 2 unspecified atom stereocenters. The number of amides is 1. The van der Waals surface area contributed by atoms with Crippen LogP contribution in [-0.4, -0.2) is 55.0 Å². The topological polar surface area (TPSA) is 68.8 Å². The summed E-state index contributed by atoms with van der Waals surface area (Å²) in [6.07, 6.45) is 1.10. The van der Waals surface area contributed by atoms with Crippen LogP contribution in [0.2, 0.25) is 0 Å². The molecule has 0 spiro atoms. The van der Waals surface area contributed by atoms with Crippen molar-refractivity contribution in [2.45, 2.75) is 45.8 Å². The number of likely N-dealkylation sites (tertiary alicyclic amines) is 1. The van der Waals surface area contributed by atoms with Crippen molar-refractivity contribution in [2.75, 3.05) is 26.2 Å². The Labute approximate surface area is 174 Å². The van der Waals surface area contributed by atoms with Gasteiger partial charge in [0.15, 0.2) is 5.96 Å². The van der Waals surface area contributed by atoms with Crippen LogP contribution in [0.1, 0.15) is 32.8 Å². The first-order valence-corrected chi connectivity index (χ1v) is 9.15. The third-order valence-corrected chi connectivity index (χ3v) is 4.37. The van der Waals surface area contributed by atoms with Crippen LogP contribution >= 0.6 is 24.0 Å². The van der Waals surface area contributed by atoms with E-state index in [9.17, 15) is 4.79 Å². The summed E-state index contributed by atoms with van der Waals surface area (Å²) in [7, 11) is 0. The molecule has 1 saturated heterocycles. The zero-order valence-corrected chi connectivity index (χ0v) is 18.3. The highest BCUT2D eigenvalue weighted by atomic mass is 127. The molecule has 1 aromatic carbocycles. The van der Waals surface area contributed by atoms with E-state index in [0.29, 0.717) is 25.2 Å². The Morgan fingerprint density at radius 3 is 2.65 bits per heavy atom. The SMILES string of the molecule is CCNC(=NCCNC(C)=O)NC1CC(C)N(Cc2ccccc2)C1.I. The Balaban J connectivity index is 0.00000338. The highest BCUT2D eigenvalue weighted by Crippen LogP contribution is 2.20. The molecule has 2 rings (SSSR count). The Kier molecular flexibility index (Phi) is 10.6. The van der Waals surface area contributed by atoms with Crippen LogP contribution in [0.25, 0.3) is 0 Å². The maximum Gasteiger partial charge on any atom is 0.216 e. The van der Waals surface area contributed by atoms with Crippen LogP contribution in [0.15, 0.2) is 35.3 Å². The van der Waals surface area contributed by atoms with E-state index < -0.39 is 0 Å². The van der Waals surface area contributed by atoms with Crippen LogP contribution < -0.4 is 16.0 Å². The quantitative estimate of drug-likeness (QED) is 0.245. The van der Waals surface area contributed by atoms with Gasteiger partial charge in [0, 0.05) is 45.2 Å². The lowest BCUT2D eigenvalue weighted by Gasteiger charge is -2.21. The van der Waals surface area contributed by atoms with Crippen LogP contribution in [-0.2, 0) is 11.3 Å². The molecule has 1 amide bonds. The van der Waals surface area contributed by atoms with E-state index in [1.54, 1.807) is 0 Å². The molecule has 0 aromatic heterocycles. The maximum atomic E-state index is 10.9. The number of hydrogen-bond acceptors (Lipinski definition) is 3. The standard InChI is InChI=1S/C19H31N5O.HI/c1-4-20-19(22-11-10-21-16(3)25)23-18-12-15(2)24(14-18)13-17-8-6-5-7-9-17;/h5-9,15,18H,4,10-14H2,1-3H3,(H,21,25)(H2,20,22,23);1H. The number of hydrogen-bond donors (Lipinski definition) is 3. The Morgan fingerprint density at radius 2 is 2.00 bits per heavy atom. The molecule has 146 valence electrons. The maximum absolute atomic E-state index is 10.9. The molecular weight excluding hydrogens is 441 g/mol. The molecule has 7 heteroatoms. The van der Waals surface area contributed by atoms with Gasteiger partial charge in [-0.2, -0.15) is 0 Å². The van der Waals surface area contributed by atoms with Gasteiger partial charge in [0.25, 0.3) is 0 Å². The highest BCUT2D eigenvalue weighted by Gasteiger charge is 2.29. The van der Waals surface area contributed by atoms with E-state index in [1.165, 1.54) is 12.5 Å². The van der Waals surface area contributed by atoms with Crippen molar-refractivity contribution in [3.8, 4) is 0 Å². The van der Waals surface area contributed by atoms with E-state index in [0.717, 1.165) is 32.0 Å². The van der Waals surface area contributed by atoms with E-state index in [1.807, 2.05) is 0 Å². The molecule has 0 bridgehead atoms. The second-order valence-electron chi connectivity index (χ2n) is 6.58. The van der Waals surface area contributed by atoms with Crippen molar-refractivity contribution in [1.29, 1.82) is 0 Å². The predicted molar refractivity (Wildman–Crippen MR) is 118 cm³/mol. The second-order valence-corrected chi connectivity index (χ2v) is 6.58. The zero-order chi connectivity index (χ0) is 18.1. The van der Waals surface area contributed by atoms with Crippen molar-refractivity contribution in [3.63, 3.8) is 0 Å². The van der Waals surface area contributed by atoms with Crippen molar-refractivity contribution in [3.05, 3.63) is 35.9 Å². The molecule has 1 aliphatic rings. The molecule has 0 radical (unpaired) electrons. The third-order valence-electron chi connectivity index (χ3n) is 4.37. The minimum atomic E-state index is -0.0191. The van der Waals surface area contributed by atoms with Gasteiger partial charge < -0.3 is 16.0 Å². The monoisotopic (exact) mass is 473 g/mol. The molecule has 1 aromatic rings. The van der Waals surface area contributed by atoms with Gasteiger partial charge in [0.1, 0.15) is 0 Å². The number of benzene rings is 1. The normalized spacial score (nSPS) is 20.3. The summed E-state index contributed by atoms with van der Waals surface area (Å²) in [5.41, 5.74) is 1.35. The number of carbonyl (C=O) groups excluding carboxylic acids is 1. The number of rotatable bonds is 7. The van der Waals surface area contributed by atoms with Crippen molar-refractivity contribution < 1.29 is 4.79 Å². The summed E-state index contributed by atoms with van der Waals surface area (Å²) in [4.78, 5) is 18.0. The number of carbonyl (C=O) groups is 1. The summed E-state index contributed by atoms with van der Waals surface area (Å²) in [5.74, 6) is 0.806. The van der Waals surface area contributed by atoms with Crippen molar-refractivity contribution in [1.82, 2.24) is 20.9 Å². The summed E-state index contributed by atoms with van der Waals surface area (Å²) < 4.78 is 0. The minimum absolute atomic E-state index is 0. The number of nitrogens with zero attached hydrogens (tertiary/aromatic N) is 2. The fourth-order valence-electron chi connectivity index (χ4n) is 3.15. The van der Waals surface area contributed by atoms with Gasteiger partial charge in [-0.15, -0.1) is 24.0 Å². The molecular formula is C19H32IN5O. The smallest absolute Gasteiger partial charge is 0.216 e. The molecule has 1 aliphatic heterocycles. The van der Waals surface area contributed by atoms with Gasteiger partial charge in [-0.25, -0.2) is 0 Å². The highest BCUT2D eigenvalue weighted by molar-refractivity contribution is 14.0. The first-order valence-electron chi connectivity index (χ1n) is 9.15.